The first-order valence-corrected chi connectivity index (χ1v) is 9.41. The Hall–Kier alpha value is -3.41. The molecule has 3 aromatic rings. The first-order chi connectivity index (χ1) is 13.6. The largest absolute Gasteiger partial charge is 0.346 e. The van der Waals surface area contributed by atoms with E-state index < -0.39 is 0 Å². The molecule has 2 aromatic carbocycles. The van der Waals surface area contributed by atoms with Crippen molar-refractivity contribution in [1.82, 2.24) is 14.9 Å². The molecule has 0 unspecified atom stereocenters. The predicted octanol–water partition coefficient (Wildman–Crippen LogP) is 3.49. The molecular weight excluding hydrogens is 352 g/mol. The smallest absolute Gasteiger partial charge is 0.251 e. The van der Waals surface area contributed by atoms with Gasteiger partial charge < -0.3 is 14.8 Å². The lowest BCUT2D eigenvalue weighted by Crippen LogP contribution is -2.27. The third-order valence-electron chi connectivity index (χ3n) is 5.06. The van der Waals surface area contributed by atoms with E-state index in [1.54, 1.807) is 29.6 Å². The Morgan fingerprint density at radius 1 is 1.07 bits per heavy atom. The number of carbonyl (C=O) groups is 2. The molecule has 0 radical (unpaired) electrons. The Morgan fingerprint density at radius 3 is 2.39 bits per heavy atom. The average Bonchev–Trinajstić information content (AvgIpc) is 3.40. The summed E-state index contributed by atoms with van der Waals surface area (Å²) in [5.74, 6) is 0.00967. The Balaban J connectivity index is 1.40. The number of nitrogens with one attached hydrogen (secondary N) is 1. The van der Waals surface area contributed by atoms with E-state index in [1.807, 2.05) is 54.1 Å². The highest BCUT2D eigenvalue weighted by Crippen LogP contribution is 2.22. The second-order valence-electron chi connectivity index (χ2n) is 6.95. The van der Waals surface area contributed by atoms with Crippen molar-refractivity contribution in [3.05, 3.63) is 78.4 Å². The fraction of sp³-hybridized carbons (Fsp3) is 0.227. The van der Waals surface area contributed by atoms with Gasteiger partial charge >= 0.3 is 0 Å². The second-order valence-corrected chi connectivity index (χ2v) is 6.95. The molecule has 2 amide bonds. The average molecular weight is 374 g/mol. The van der Waals surface area contributed by atoms with Gasteiger partial charge in [0.25, 0.3) is 5.91 Å². The van der Waals surface area contributed by atoms with E-state index in [0.717, 1.165) is 29.9 Å². The van der Waals surface area contributed by atoms with Gasteiger partial charge in [-0.2, -0.15) is 0 Å². The zero-order valence-corrected chi connectivity index (χ0v) is 15.7. The van der Waals surface area contributed by atoms with E-state index in [2.05, 4.69) is 10.3 Å². The molecule has 1 aliphatic rings. The topological polar surface area (TPSA) is 67.2 Å². The van der Waals surface area contributed by atoms with E-state index in [4.69, 9.17) is 0 Å². The molecule has 0 spiro atoms. The number of aromatic nitrogens is 2. The van der Waals surface area contributed by atoms with E-state index in [9.17, 15) is 9.59 Å². The maximum Gasteiger partial charge on any atom is 0.251 e. The Bertz CT molecular complexity index is 963. The minimum atomic E-state index is -0.134. The SMILES string of the molecule is C[C@@H](NC(=O)c1ccc(N2CCCC2=O)cc1)c1ccc(-n2ccnc2)cc1. The number of amides is 2. The Morgan fingerprint density at radius 2 is 1.79 bits per heavy atom. The molecule has 1 N–H and O–H groups in total. The highest BCUT2D eigenvalue weighted by Gasteiger charge is 2.21. The quantitative estimate of drug-likeness (QED) is 0.743. The minimum absolute atomic E-state index is 0.121. The Kier molecular flexibility index (Phi) is 4.93. The van der Waals surface area contributed by atoms with Crippen LogP contribution in [0, 0.1) is 0 Å². The van der Waals surface area contributed by atoms with Crippen LogP contribution < -0.4 is 10.2 Å². The van der Waals surface area contributed by atoms with Crippen LogP contribution in [0.5, 0.6) is 0 Å². The van der Waals surface area contributed by atoms with Crippen LogP contribution in [0.15, 0.2) is 67.3 Å². The first kappa shape index (κ1) is 18.0. The maximum absolute atomic E-state index is 12.6. The van der Waals surface area contributed by atoms with Crippen LogP contribution in [0.4, 0.5) is 5.69 Å². The van der Waals surface area contributed by atoms with Crippen LogP contribution >= 0.6 is 0 Å². The van der Waals surface area contributed by atoms with Crippen molar-refractivity contribution < 1.29 is 9.59 Å². The molecule has 0 bridgehead atoms. The van der Waals surface area contributed by atoms with Crippen molar-refractivity contribution in [2.24, 2.45) is 0 Å². The van der Waals surface area contributed by atoms with Gasteiger partial charge in [0.2, 0.25) is 5.91 Å². The highest BCUT2D eigenvalue weighted by molar-refractivity contribution is 5.97. The second kappa shape index (κ2) is 7.68. The molecule has 6 nitrogen and oxygen atoms in total. The lowest BCUT2D eigenvalue weighted by atomic mass is 10.1. The van der Waals surface area contributed by atoms with E-state index in [0.29, 0.717) is 12.0 Å². The van der Waals surface area contributed by atoms with Crippen molar-refractivity contribution in [1.29, 1.82) is 0 Å². The molecule has 1 fully saturated rings. The summed E-state index contributed by atoms with van der Waals surface area (Å²) >= 11 is 0. The summed E-state index contributed by atoms with van der Waals surface area (Å²) in [6, 6.07) is 15.1. The zero-order valence-electron chi connectivity index (χ0n) is 15.7. The minimum Gasteiger partial charge on any atom is -0.346 e. The zero-order chi connectivity index (χ0) is 19.5. The molecule has 4 rings (SSSR count). The number of imidazole rings is 1. The van der Waals surface area contributed by atoms with Gasteiger partial charge in [0.1, 0.15) is 0 Å². The lowest BCUT2D eigenvalue weighted by molar-refractivity contribution is -0.117. The molecule has 142 valence electrons. The van der Waals surface area contributed by atoms with Gasteiger partial charge in [-0.3, -0.25) is 9.59 Å². The monoisotopic (exact) mass is 374 g/mol. The summed E-state index contributed by atoms with van der Waals surface area (Å²) in [6.07, 6.45) is 6.86. The van der Waals surface area contributed by atoms with Gasteiger partial charge in [0, 0.05) is 42.3 Å². The number of carbonyl (C=O) groups excluding carboxylic acids is 2. The number of rotatable bonds is 5. The van der Waals surface area contributed by atoms with Gasteiger partial charge in [-0.1, -0.05) is 12.1 Å². The van der Waals surface area contributed by atoms with Crippen LogP contribution in [0.1, 0.15) is 41.7 Å². The van der Waals surface area contributed by atoms with Crippen LogP contribution in [0.2, 0.25) is 0 Å². The number of hydrogen-bond acceptors (Lipinski definition) is 3. The summed E-state index contributed by atoms with van der Waals surface area (Å²) in [7, 11) is 0. The van der Waals surface area contributed by atoms with E-state index in [1.165, 1.54) is 0 Å². The molecule has 1 atom stereocenters. The fourth-order valence-electron chi connectivity index (χ4n) is 3.42. The maximum atomic E-state index is 12.6. The molecular formula is C22H22N4O2. The van der Waals surface area contributed by atoms with E-state index in [-0.39, 0.29) is 17.9 Å². The molecule has 0 aliphatic carbocycles. The Labute approximate surface area is 163 Å². The van der Waals surface area contributed by atoms with Crippen molar-refractivity contribution >= 4 is 17.5 Å². The summed E-state index contributed by atoms with van der Waals surface area (Å²) in [6.45, 7) is 2.71. The molecule has 2 heterocycles. The highest BCUT2D eigenvalue weighted by atomic mass is 16.2. The van der Waals surface area contributed by atoms with Crippen molar-refractivity contribution in [2.75, 3.05) is 11.4 Å². The lowest BCUT2D eigenvalue weighted by Gasteiger charge is -2.17. The molecule has 0 saturated carbocycles. The fourth-order valence-corrected chi connectivity index (χ4v) is 3.42. The number of nitrogens with zero attached hydrogens (tertiary/aromatic N) is 3. The van der Waals surface area contributed by atoms with E-state index >= 15 is 0 Å². The normalized spacial score (nSPS) is 14.9. The van der Waals surface area contributed by atoms with Gasteiger partial charge in [0.15, 0.2) is 0 Å². The molecule has 6 heteroatoms. The van der Waals surface area contributed by atoms with Crippen LogP contribution in [0.3, 0.4) is 0 Å². The van der Waals surface area contributed by atoms with Crippen molar-refractivity contribution in [3.8, 4) is 5.69 Å². The molecule has 1 saturated heterocycles. The summed E-state index contributed by atoms with van der Waals surface area (Å²) in [5.41, 5.74) is 3.47. The predicted molar refractivity (Wildman–Crippen MR) is 107 cm³/mol. The van der Waals surface area contributed by atoms with Crippen LogP contribution in [-0.2, 0) is 4.79 Å². The number of anilines is 1. The molecule has 1 aromatic heterocycles. The summed E-state index contributed by atoms with van der Waals surface area (Å²) in [5, 5.41) is 3.03. The summed E-state index contributed by atoms with van der Waals surface area (Å²) in [4.78, 5) is 30.2. The third kappa shape index (κ3) is 3.67. The van der Waals surface area contributed by atoms with Gasteiger partial charge in [-0.25, -0.2) is 4.98 Å². The first-order valence-electron chi connectivity index (χ1n) is 9.41. The standard InChI is InChI=1S/C22H22N4O2/c1-16(17-4-8-19(9-5-17)25-14-12-23-15-25)24-22(28)18-6-10-20(11-7-18)26-13-2-3-21(26)27/h4-12,14-16H,2-3,13H2,1H3,(H,24,28)/t16-/m1/s1. The number of hydrogen-bond donors (Lipinski definition) is 1. The number of benzene rings is 2. The summed E-state index contributed by atoms with van der Waals surface area (Å²) < 4.78 is 1.93. The van der Waals surface area contributed by atoms with Gasteiger partial charge in [-0.15, -0.1) is 0 Å². The van der Waals surface area contributed by atoms with Crippen LogP contribution in [-0.4, -0.2) is 27.9 Å². The van der Waals surface area contributed by atoms with Crippen LogP contribution in [0.25, 0.3) is 5.69 Å². The molecule has 1 aliphatic heterocycles. The van der Waals surface area contributed by atoms with Gasteiger partial charge in [-0.05, 0) is 55.3 Å². The van der Waals surface area contributed by atoms with Crippen molar-refractivity contribution in [3.63, 3.8) is 0 Å². The van der Waals surface area contributed by atoms with Gasteiger partial charge in [0.05, 0.1) is 12.4 Å². The third-order valence-corrected chi connectivity index (χ3v) is 5.06. The molecule has 28 heavy (non-hydrogen) atoms. The van der Waals surface area contributed by atoms with Crippen molar-refractivity contribution in [2.45, 2.75) is 25.8 Å².